The summed E-state index contributed by atoms with van der Waals surface area (Å²) in [5, 5.41) is 8.70. The minimum absolute atomic E-state index is 0.0565. The van der Waals surface area contributed by atoms with Crippen molar-refractivity contribution in [3.05, 3.63) is 24.3 Å². The predicted molar refractivity (Wildman–Crippen MR) is 87.0 cm³/mol. The predicted octanol–water partition coefficient (Wildman–Crippen LogP) is 0.612. The van der Waals surface area contributed by atoms with E-state index in [4.69, 9.17) is 4.74 Å². The molecule has 0 atom stereocenters. The van der Waals surface area contributed by atoms with Crippen molar-refractivity contribution in [1.82, 2.24) is 24.8 Å². The molecule has 2 aromatic rings. The van der Waals surface area contributed by atoms with Crippen LogP contribution in [0.2, 0.25) is 0 Å². The largest absolute Gasteiger partial charge is 0.379 e. The number of ether oxygens (including phenoxy) is 1. The monoisotopic (exact) mass is 317 g/mol. The van der Waals surface area contributed by atoms with Gasteiger partial charge in [0.15, 0.2) is 0 Å². The molecule has 0 spiro atoms. The summed E-state index contributed by atoms with van der Waals surface area (Å²) in [7, 11) is 0. The van der Waals surface area contributed by atoms with E-state index in [0.29, 0.717) is 6.54 Å². The van der Waals surface area contributed by atoms with Crippen LogP contribution in [0.25, 0.3) is 11.0 Å². The highest BCUT2D eigenvalue weighted by atomic mass is 16.5. The number of nitrogens with zero attached hydrogens (tertiary/aromatic N) is 5. The zero-order chi connectivity index (χ0) is 16.1. The Morgan fingerprint density at radius 2 is 1.87 bits per heavy atom. The standard InChI is InChI=1S/C16H23N5O2/c1-2-20(8-7-19-9-11-23-12-10-19)16(22)13-21-17-14-5-3-4-6-15(14)18-21/h3-6H,2,7-13H2,1H3. The van der Waals surface area contributed by atoms with Gasteiger partial charge in [0.05, 0.1) is 13.2 Å². The van der Waals surface area contributed by atoms with Crippen LogP contribution in [0.3, 0.4) is 0 Å². The molecule has 1 saturated heterocycles. The molecule has 1 aliphatic heterocycles. The van der Waals surface area contributed by atoms with Crippen LogP contribution in [-0.2, 0) is 16.1 Å². The number of aromatic nitrogens is 3. The van der Waals surface area contributed by atoms with E-state index >= 15 is 0 Å². The van der Waals surface area contributed by atoms with Crippen molar-refractivity contribution < 1.29 is 9.53 Å². The van der Waals surface area contributed by atoms with Crippen molar-refractivity contribution in [1.29, 1.82) is 0 Å². The lowest BCUT2D eigenvalue weighted by Gasteiger charge is -2.29. The third kappa shape index (κ3) is 4.05. The van der Waals surface area contributed by atoms with Gasteiger partial charge in [-0.3, -0.25) is 9.69 Å². The fourth-order valence-electron chi connectivity index (χ4n) is 2.74. The third-order valence-electron chi connectivity index (χ3n) is 4.13. The maximum Gasteiger partial charge on any atom is 0.246 e. The lowest BCUT2D eigenvalue weighted by atomic mass is 10.3. The fourth-order valence-corrected chi connectivity index (χ4v) is 2.74. The maximum absolute atomic E-state index is 12.5. The molecule has 23 heavy (non-hydrogen) atoms. The molecule has 0 bridgehead atoms. The fraction of sp³-hybridized carbons (Fsp3) is 0.562. The van der Waals surface area contributed by atoms with Gasteiger partial charge in [0.1, 0.15) is 17.6 Å². The van der Waals surface area contributed by atoms with Crippen LogP contribution in [0.5, 0.6) is 0 Å². The van der Waals surface area contributed by atoms with Gasteiger partial charge in [0.25, 0.3) is 0 Å². The zero-order valence-electron chi connectivity index (χ0n) is 13.5. The molecular formula is C16H23N5O2. The van der Waals surface area contributed by atoms with Crippen LogP contribution >= 0.6 is 0 Å². The van der Waals surface area contributed by atoms with E-state index in [1.165, 1.54) is 4.80 Å². The van der Waals surface area contributed by atoms with Crippen LogP contribution in [-0.4, -0.2) is 76.6 Å². The number of carbonyl (C=O) groups excluding carboxylic acids is 1. The van der Waals surface area contributed by atoms with Gasteiger partial charge < -0.3 is 9.64 Å². The van der Waals surface area contributed by atoms with Crippen LogP contribution < -0.4 is 0 Å². The summed E-state index contributed by atoms with van der Waals surface area (Å²) in [4.78, 5) is 18.2. The van der Waals surface area contributed by atoms with E-state index in [2.05, 4.69) is 15.1 Å². The van der Waals surface area contributed by atoms with Crippen LogP contribution in [0.1, 0.15) is 6.92 Å². The quantitative estimate of drug-likeness (QED) is 0.781. The van der Waals surface area contributed by atoms with E-state index < -0.39 is 0 Å². The van der Waals surface area contributed by atoms with Gasteiger partial charge in [-0.1, -0.05) is 12.1 Å². The van der Waals surface area contributed by atoms with E-state index in [9.17, 15) is 4.79 Å². The van der Waals surface area contributed by atoms with E-state index in [0.717, 1.165) is 50.4 Å². The van der Waals surface area contributed by atoms with Crippen LogP contribution in [0.15, 0.2) is 24.3 Å². The second-order valence-electron chi connectivity index (χ2n) is 5.65. The van der Waals surface area contributed by atoms with Gasteiger partial charge in [-0.2, -0.15) is 15.0 Å². The summed E-state index contributed by atoms with van der Waals surface area (Å²) >= 11 is 0. The maximum atomic E-state index is 12.5. The van der Waals surface area contributed by atoms with Gasteiger partial charge >= 0.3 is 0 Å². The summed E-state index contributed by atoms with van der Waals surface area (Å²) in [6.45, 7) is 7.96. The molecule has 0 radical (unpaired) electrons. The van der Waals surface area contributed by atoms with Crippen LogP contribution in [0, 0.1) is 0 Å². The lowest BCUT2D eigenvalue weighted by molar-refractivity contribution is -0.132. The molecule has 1 aromatic carbocycles. The smallest absolute Gasteiger partial charge is 0.246 e. The Labute approximate surface area is 135 Å². The molecule has 0 saturated carbocycles. The van der Waals surface area contributed by atoms with E-state index in [1.54, 1.807) is 0 Å². The molecule has 1 aromatic heterocycles. The molecule has 0 aliphatic carbocycles. The van der Waals surface area contributed by atoms with Gasteiger partial charge in [0, 0.05) is 32.7 Å². The van der Waals surface area contributed by atoms with Crippen molar-refractivity contribution in [2.75, 3.05) is 45.9 Å². The number of morpholine rings is 1. The SMILES string of the molecule is CCN(CCN1CCOCC1)C(=O)Cn1nc2ccccc2n1. The summed E-state index contributed by atoms with van der Waals surface area (Å²) in [5.41, 5.74) is 1.63. The van der Waals surface area contributed by atoms with Crippen molar-refractivity contribution in [3.63, 3.8) is 0 Å². The summed E-state index contributed by atoms with van der Waals surface area (Å²) in [6.07, 6.45) is 0. The second kappa shape index (κ2) is 7.52. The number of hydrogen-bond donors (Lipinski definition) is 0. The summed E-state index contributed by atoms with van der Waals surface area (Å²) < 4.78 is 5.35. The summed E-state index contributed by atoms with van der Waals surface area (Å²) in [5.74, 6) is 0.0565. The Hall–Kier alpha value is -1.99. The Morgan fingerprint density at radius 1 is 1.22 bits per heavy atom. The molecule has 1 fully saturated rings. The first kappa shape index (κ1) is 15.9. The van der Waals surface area contributed by atoms with E-state index in [-0.39, 0.29) is 12.5 Å². The van der Waals surface area contributed by atoms with Gasteiger partial charge in [-0.15, -0.1) is 0 Å². The Bertz CT molecular complexity index is 618. The van der Waals surface area contributed by atoms with Crippen LogP contribution in [0.4, 0.5) is 0 Å². The van der Waals surface area contributed by atoms with Crippen molar-refractivity contribution in [3.8, 4) is 0 Å². The minimum atomic E-state index is 0.0565. The van der Waals surface area contributed by atoms with Gasteiger partial charge in [-0.05, 0) is 19.1 Å². The first-order valence-electron chi connectivity index (χ1n) is 8.14. The Morgan fingerprint density at radius 3 is 2.48 bits per heavy atom. The number of amides is 1. The number of carbonyl (C=O) groups is 1. The van der Waals surface area contributed by atoms with Crippen molar-refractivity contribution in [2.24, 2.45) is 0 Å². The number of benzene rings is 1. The number of hydrogen-bond acceptors (Lipinski definition) is 5. The molecular weight excluding hydrogens is 294 g/mol. The number of fused-ring (bicyclic) bond motifs is 1. The molecule has 0 N–H and O–H groups in total. The number of rotatable bonds is 6. The van der Waals surface area contributed by atoms with Crippen molar-refractivity contribution >= 4 is 16.9 Å². The highest BCUT2D eigenvalue weighted by Gasteiger charge is 2.16. The average molecular weight is 317 g/mol. The third-order valence-corrected chi connectivity index (χ3v) is 4.13. The Kier molecular flexibility index (Phi) is 5.19. The lowest BCUT2D eigenvalue weighted by Crippen LogP contribution is -2.43. The zero-order valence-corrected chi connectivity index (χ0v) is 13.5. The highest BCUT2D eigenvalue weighted by Crippen LogP contribution is 2.07. The van der Waals surface area contributed by atoms with E-state index in [1.807, 2.05) is 36.1 Å². The molecule has 7 heteroatoms. The average Bonchev–Trinajstić information content (AvgIpc) is 2.98. The molecule has 0 unspecified atom stereocenters. The molecule has 1 aliphatic rings. The van der Waals surface area contributed by atoms with Gasteiger partial charge in [-0.25, -0.2) is 0 Å². The van der Waals surface area contributed by atoms with Crippen molar-refractivity contribution in [2.45, 2.75) is 13.5 Å². The molecule has 2 heterocycles. The van der Waals surface area contributed by atoms with Gasteiger partial charge in [0.2, 0.25) is 5.91 Å². The topological polar surface area (TPSA) is 63.5 Å². The first-order chi connectivity index (χ1) is 11.3. The second-order valence-corrected chi connectivity index (χ2v) is 5.65. The normalized spacial score (nSPS) is 15.9. The molecule has 1 amide bonds. The molecule has 124 valence electrons. The summed E-state index contributed by atoms with van der Waals surface area (Å²) in [6, 6.07) is 7.65. The number of likely N-dealkylation sites (N-methyl/N-ethyl adjacent to an activating group) is 1. The Balaban J connectivity index is 1.56. The first-order valence-corrected chi connectivity index (χ1v) is 8.14. The highest BCUT2D eigenvalue weighted by molar-refractivity contribution is 5.77. The molecule has 3 rings (SSSR count). The minimum Gasteiger partial charge on any atom is -0.379 e. The molecule has 7 nitrogen and oxygen atoms in total.